The van der Waals surface area contributed by atoms with Crippen LogP contribution in [0.1, 0.15) is 24.5 Å². The Balaban J connectivity index is 2.02. The smallest absolute Gasteiger partial charge is 0.0506 e. The Kier molecular flexibility index (Phi) is 2.44. The number of hydrogen-bond acceptors (Lipinski definition) is 2. The third-order valence-electron chi connectivity index (χ3n) is 2.35. The SMILES string of the molecule is CC1=NN=C(Cc2ccc(C)cc2)C1. The van der Waals surface area contributed by atoms with E-state index in [4.69, 9.17) is 0 Å². The fraction of sp³-hybridized carbons (Fsp3) is 0.333. The Morgan fingerprint density at radius 3 is 2.36 bits per heavy atom. The van der Waals surface area contributed by atoms with Crippen molar-refractivity contribution in [2.45, 2.75) is 26.7 Å². The first kappa shape index (κ1) is 9.13. The van der Waals surface area contributed by atoms with Gasteiger partial charge in [-0.1, -0.05) is 29.8 Å². The first-order chi connectivity index (χ1) is 6.74. The Labute approximate surface area is 84.4 Å². The Morgan fingerprint density at radius 2 is 1.79 bits per heavy atom. The van der Waals surface area contributed by atoms with Crippen molar-refractivity contribution < 1.29 is 0 Å². The number of benzene rings is 1. The van der Waals surface area contributed by atoms with Crippen LogP contribution >= 0.6 is 0 Å². The molecule has 0 N–H and O–H groups in total. The maximum Gasteiger partial charge on any atom is 0.0506 e. The lowest BCUT2D eigenvalue weighted by atomic mass is 10.0. The second-order valence-electron chi connectivity index (χ2n) is 3.84. The molecule has 0 unspecified atom stereocenters. The number of aryl methyl sites for hydroxylation is 1. The highest BCUT2D eigenvalue weighted by Gasteiger charge is 2.08. The van der Waals surface area contributed by atoms with Gasteiger partial charge in [-0.25, -0.2) is 0 Å². The van der Waals surface area contributed by atoms with Crippen molar-refractivity contribution in [1.29, 1.82) is 0 Å². The van der Waals surface area contributed by atoms with E-state index >= 15 is 0 Å². The molecule has 0 aromatic heterocycles. The summed E-state index contributed by atoms with van der Waals surface area (Å²) in [7, 11) is 0. The zero-order valence-electron chi connectivity index (χ0n) is 8.62. The average molecular weight is 186 g/mol. The molecule has 72 valence electrons. The normalized spacial score (nSPS) is 15.3. The van der Waals surface area contributed by atoms with Crippen LogP contribution in [0.25, 0.3) is 0 Å². The van der Waals surface area contributed by atoms with Gasteiger partial charge < -0.3 is 0 Å². The molecule has 1 aromatic carbocycles. The van der Waals surface area contributed by atoms with Gasteiger partial charge in [-0.3, -0.25) is 0 Å². The van der Waals surface area contributed by atoms with Crippen LogP contribution in [0.2, 0.25) is 0 Å². The molecule has 1 aliphatic rings. The zero-order valence-corrected chi connectivity index (χ0v) is 8.62. The monoisotopic (exact) mass is 186 g/mol. The molecular formula is C12H14N2. The largest absolute Gasteiger partial charge is 0.160 e. The number of hydrogen-bond donors (Lipinski definition) is 0. The maximum absolute atomic E-state index is 4.14. The van der Waals surface area contributed by atoms with E-state index in [9.17, 15) is 0 Å². The van der Waals surface area contributed by atoms with E-state index in [0.717, 1.165) is 18.6 Å². The minimum Gasteiger partial charge on any atom is -0.160 e. The van der Waals surface area contributed by atoms with Crippen LogP contribution in [0.3, 0.4) is 0 Å². The van der Waals surface area contributed by atoms with Gasteiger partial charge in [0.25, 0.3) is 0 Å². The lowest BCUT2D eigenvalue weighted by molar-refractivity contribution is 1.21. The molecule has 0 saturated carbocycles. The highest BCUT2D eigenvalue weighted by Crippen LogP contribution is 2.10. The fourth-order valence-corrected chi connectivity index (χ4v) is 1.56. The van der Waals surface area contributed by atoms with Crippen LogP contribution in [0.15, 0.2) is 34.5 Å². The maximum atomic E-state index is 4.14. The molecule has 2 rings (SSSR count). The van der Waals surface area contributed by atoms with Crippen LogP contribution < -0.4 is 0 Å². The molecule has 0 amide bonds. The van der Waals surface area contributed by atoms with Crippen molar-refractivity contribution in [1.82, 2.24) is 0 Å². The highest BCUT2D eigenvalue weighted by molar-refractivity contribution is 6.07. The molecule has 0 fully saturated rings. The standard InChI is InChI=1S/C12H14N2/c1-9-3-5-11(6-4-9)8-12-7-10(2)13-14-12/h3-6H,7-8H2,1-2H3. The van der Waals surface area contributed by atoms with Crippen molar-refractivity contribution in [3.05, 3.63) is 35.4 Å². The number of rotatable bonds is 2. The molecule has 1 heterocycles. The predicted molar refractivity (Wildman–Crippen MR) is 60.0 cm³/mol. The van der Waals surface area contributed by atoms with Gasteiger partial charge >= 0.3 is 0 Å². The van der Waals surface area contributed by atoms with Crippen LogP contribution in [0.4, 0.5) is 0 Å². The molecule has 0 bridgehead atoms. The van der Waals surface area contributed by atoms with E-state index in [1.807, 2.05) is 6.92 Å². The minimum atomic E-state index is 0.932. The molecule has 0 atom stereocenters. The average Bonchev–Trinajstić information content (AvgIpc) is 2.56. The molecular weight excluding hydrogens is 172 g/mol. The molecule has 14 heavy (non-hydrogen) atoms. The van der Waals surface area contributed by atoms with E-state index in [2.05, 4.69) is 41.4 Å². The lowest BCUT2D eigenvalue weighted by Gasteiger charge is -2.00. The third-order valence-corrected chi connectivity index (χ3v) is 2.35. The van der Waals surface area contributed by atoms with E-state index in [1.165, 1.54) is 16.8 Å². The summed E-state index contributed by atoms with van der Waals surface area (Å²) >= 11 is 0. The van der Waals surface area contributed by atoms with Crippen molar-refractivity contribution in [3.63, 3.8) is 0 Å². The summed E-state index contributed by atoms with van der Waals surface area (Å²) in [5, 5.41) is 8.17. The van der Waals surface area contributed by atoms with Crippen molar-refractivity contribution >= 4 is 11.4 Å². The van der Waals surface area contributed by atoms with Gasteiger partial charge in [-0.05, 0) is 19.4 Å². The topological polar surface area (TPSA) is 24.7 Å². The van der Waals surface area contributed by atoms with Crippen LogP contribution in [-0.4, -0.2) is 11.4 Å². The molecule has 2 nitrogen and oxygen atoms in total. The minimum absolute atomic E-state index is 0.932. The summed E-state index contributed by atoms with van der Waals surface area (Å²) in [6.07, 6.45) is 1.87. The van der Waals surface area contributed by atoms with Crippen molar-refractivity contribution in [2.75, 3.05) is 0 Å². The molecule has 0 aliphatic carbocycles. The third kappa shape index (κ3) is 2.08. The quantitative estimate of drug-likeness (QED) is 0.678. The summed E-state index contributed by atoms with van der Waals surface area (Å²) in [5.41, 5.74) is 4.91. The van der Waals surface area contributed by atoms with Gasteiger partial charge in [0, 0.05) is 18.6 Å². The predicted octanol–water partition coefficient (Wildman–Crippen LogP) is 2.76. The van der Waals surface area contributed by atoms with Gasteiger partial charge in [0.2, 0.25) is 0 Å². The van der Waals surface area contributed by atoms with E-state index in [1.54, 1.807) is 0 Å². The molecule has 2 heteroatoms. The highest BCUT2D eigenvalue weighted by atomic mass is 15.2. The second kappa shape index (κ2) is 3.74. The summed E-state index contributed by atoms with van der Waals surface area (Å²) in [4.78, 5) is 0. The van der Waals surface area contributed by atoms with Crippen LogP contribution in [0, 0.1) is 6.92 Å². The van der Waals surface area contributed by atoms with Crippen LogP contribution in [0.5, 0.6) is 0 Å². The second-order valence-corrected chi connectivity index (χ2v) is 3.84. The number of nitrogens with zero attached hydrogens (tertiary/aromatic N) is 2. The molecule has 0 saturated heterocycles. The first-order valence-electron chi connectivity index (χ1n) is 4.88. The van der Waals surface area contributed by atoms with Gasteiger partial charge in [-0.15, -0.1) is 0 Å². The first-order valence-corrected chi connectivity index (χ1v) is 4.88. The fourth-order valence-electron chi connectivity index (χ4n) is 1.56. The van der Waals surface area contributed by atoms with Gasteiger partial charge in [0.05, 0.1) is 5.71 Å². The van der Waals surface area contributed by atoms with Gasteiger partial charge in [0.1, 0.15) is 0 Å². The Bertz CT molecular complexity index is 385. The van der Waals surface area contributed by atoms with E-state index < -0.39 is 0 Å². The Hall–Kier alpha value is -1.44. The molecule has 0 radical (unpaired) electrons. The van der Waals surface area contributed by atoms with Gasteiger partial charge in [-0.2, -0.15) is 10.2 Å². The lowest BCUT2D eigenvalue weighted by Crippen LogP contribution is -2.03. The van der Waals surface area contributed by atoms with E-state index in [0.29, 0.717) is 0 Å². The zero-order chi connectivity index (χ0) is 9.97. The molecule has 1 aromatic rings. The Morgan fingerprint density at radius 1 is 1.07 bits per heavy atom. The molecule has 0 spiro atoms. The van der Waals surface area contributed by atoms with Crippen LogP contribution in [-0.2, 0) is 6.42 Å². The summed E-state index contributed by atoms with van der Waals surface area (Å²) < 4.78 is 0. The summed E-state index contributed by atoms with van der Waals surface area (Å²) in [5.74, 6) is 0. The summed E-state index contributed by atoms with van der Waals surface area (Å²) in [6.45, 7) is 4.12. The van der Waals surface area contributed by atoms with Crippen molar-refractivity contribution in [3.8, 4) is 0 Å². The van der Waals surface area contributed by atoms with Crippen molar-refractivity contribution in [2.24, 2.45) is 10.2 Å². The van der Waals surface area contributed by atoms with Gasteiger partial charge in [0.15, 0.2) is 0 Å². The summed E-state index contributed by atoms with van der Waals surface area (Å²) in [6, 6.07) is 8.59. The van der Waals surface area contributed by atoms with E-state index in [-0.39, 0.29) is 0 Å². The molecule has 1 aliphatic heterocycles.